The van der Waals surface area contributed by atoms with Crippen LogP contribution in [0.1, 0.15) is 43.2 Å². The Kier molecular flexibility index (Phi) is 8.31. The van der Waals surface area contributed by atoms with Crippen LogP contribution >= 0.6 is 0 Å². The van der Waals surface area contributed by atoms with Crippen LogP contribution in [0.4, 0.5) is 11.4 Å². The standard InChI is InChI=1S/C25H34N2O/c1-6-7-9-20(10-8-19-28)25(21-11-15-23(16-12-21)26(2)3)22-13-17-24(18-14-22)27(4)5/h8,10-20,25H,6-7,9H2,1-5H3/b10-8+/t20-/m1/s1. The molecule has 1 atom stereocenters. The molecular formula is C25H34N2O. The Morgan fingerprint density at radius 2 is 1.29 bits per heavy atom. The van der Waals surface area contributed by atoms with Gasteiger partial charge in [-0.05, 0) is 53.8 Å². The summed E-state index contributed by atoms with van der Waals surface area (Å²) in [5.41, 5.74) is 4.97. The number of allylic oxidation sites excluding steroid dienone is 2. The SMILES string of the molecule is CCCC[C@H](/C=C/C=O)C(c1ccc(N(C)C)cc1)c1ccc(N(C)C)cc1. The third-order valence-corrected chi connectivity index (χ3v) is 5.29. The van der Waals surface area contributed by atoms with Crippen LogP contribution in [0.5, 0.6) is 0 Å². The van der Waals surface area contributed by atoms with E-state index in [2.05, 4.69) is 99.5 Å². The molecule has 0 saturated heterocycles. The lowest BCUT2D eigenvalue weighted by molar-refractivity contribution is -0.104. The molecule has 0 heterocycles. The molecule has 2 aromatic carbocycles. The van der Waals surface area contributed by atoms with Crippen molar-refractivity contribution in [2.75, 3.05) is 38.0 Å². The van der Waals surface area contributed by atoms with Crippen LogP contribution in [0, 0.1) is 5.92 Å². The smallest absolute Gasteiger partial charge is 0.142 e. The zero-order valence-electron chi connectivity index (χ0n) is 17.9. The highest BCUT2D eigenvalue weighted by atomic mass is 16.1. The van der Waals surface area contributed by atoms with Crippen LogP contribution in [0.3, 0.4) is 0 Å². The van der Waals surface area contributed by atoms with E-state index in [1.54, 1.807) is 6.08 Å². The monoisotopic (exact) mass is 378 g/mol. The topological polar surface area (TPSA) is 23.6 Å². The molecule has 0 amide bonds. The van der Waals surface area contributed by atoms with E-state index in [4.69, 9.17) is 0 Å². The molecule has 0 fully saturated rings. The van der Waals surface area contributed by atoms with Crippen LogP contribution in [-0.4, -0.2) is 34.5 Å². The summed E-state index contributed by atoms with van der Waals surface area (Å²) >= 11 is 0. The Hall–Kier alpha value is -2.55. The lowest BCUT2D eigenvalue weighted by Crippen LogP contribution is -2.15. The summed E-state index contributed by atoms with van der Waals surface area (Å²) in [6.45, 7) is 2.22. The van der Waals surface area contributed by atoms with Crippen LogP contribution in [0.15, 0.2) is 60.7 Å². The second kappa shape index (κ2) is 10.7. The van der Waals surface area contributed by atoms with E-state index < -0.39 is 0 Å². The van der Waals surface area contributed by atoms with Gasteiger partial charge in [-0.3, -0.25) is 4.79 Å². The number of anilines is 2. The first-order valence-electron chi connectivity index (χ1n) is 10.1. The number of carbonyl (C=O) groups excluding carboxylic acids is 1. The van der Waals surface area contributed by atoms with Gasteiger partial charge in [0.05, 0.1) is 0 Å². The van der Waals surface area contributed by atoms with Crippen LogP contribution in [-0.2, 0) is 4.79 Å². The molecule has 0 bridgehead atoms. The van der Waals surface area contributed by atoms with Gasteiger partial charge in [0.2, 0.25) is 0 Å². The minimum absolute atomic E-state index is 0.232. The van der Waals surface area contributed by atoms with Crippen molar-refractivity contribution in [3.63, 3.8) is 0 Å². The molecule has 0 saturated carbocycles. The molecule has 0 aliphatic heterocycles. The van der Waals surface area contributed by atoms with Gasteiger partial charge in [-0.15, -0.1) is 0 Å². The minimum atomic E-state index is 0.232. The van der Waals surface area contributed by atoms with Crippen molar-refractivity contribution in [3.8, 4) is 0 Å². The summed E-state index contributed by atoms with van der Waals surface area (Å²) in [5.74, 6) is 0.524. The fourth-order valence-electron chi connectivity index (χ4n) is 3.65. The maximum atomic E-state index is 11.0. The van der Waals surface area contributed by atoms with E-state index in [0.29, 0.717) is 5.92 Å². The molecule has 3 nitrogen and oxygen atoms in total. The third-order valence-electron chi connectivity index (χ3n) is 5.29. The Labute approximate surface area is 170 Å². The molecule has 2 rings (SSSR count). The van der Waals surface area contributed by atoms with Gasteiger partial charge < -0.3 is 9.80 Å². The number of hydrogen-bond acceptors (Lipinski definition) is 3. The number of carbonyl (C=O) groups is 1. The lowest BCUT2D eigenvalue weighted by atomic mass is 9.78. The maximum Gasteiger partial charge on any atom is 0.142 e. The second-order valence-electron chi connectivity index (χ2n) is 7.78. The van der Waals surface area contributed by atoms with Gasteiger partial charge in [0.25, 0.3) is 0 Å². The first kappa shape index (κ1) is 21.7. The molecule has 2 aromatic rings. The molecule has 3 heteroatoms. The zero-order chi connectivity index (χ0) is 20.5. The zero-order valence-corrected chi connectivity index (χ0v) is 17.9. The number of rotatable bonds is 10. The molecule has 0 aliphatic rings. The summed E-state index contributed by atoms with van der Waals surface area (Å²) in [6.07, 6.45) is 8.01. The van der Waals surface area contributed by atoms with E-state index >= 15 is 0 Å². The fraction of sp³-hybridized carbons (Fsp3) is 0.400. The molecule has 0 spiro atoms. The quantitative estimate of drug-likeness (QED) is 0.402. The molecule has 0 radical (unpaired) electrons. The van der Waals surface area contributed by atoms with Gasteiger partial charge in [-0.2, -0.15) is 0 Å². The van der Waals surface area contributed by atoms with Crippen molar-refractivity contribution >= 4 is 17.7 Å². The van der Waals surface area contributed by atoms with Crippen LogP contribution in [0.25, 0.3) is 0 Å². The van der Waals surface area contributed by atoms with Crippen LogP contribution in [0.2, 0.25) is 0 Å². The largest absolute Gasteiger partial charge is 0.378 e. The average Bonchev–Trinajstić information content (AvgIpc) is 2.70. The van der Waals surface area contributed by atoms with Crippen molar-refractivity contribution in [1.29, 1.82) is 0 Å². The average molecular weight is 379 g/mol. The van der Waals surface area contributed by atoms with Crippen molar-refractivity contribution in [3.05, 3.63) is 71.8 Å². The normalized spacial score (nSPS) is 12.4. The molecule has 28 heavy (non-hydrogen) atoms. The highest BCUT2D eigenvalue weighted by Crippen LogP contribution is 2.37. The van der Waals surface area contributed by atoms with E-state index in [0.717, 1.165) is 25.5 Å². The van der Waals surface area contributed by atoms with Gasteiger partial charge in [-0.25, -0.2) is 0 Å². The van der Waals surface area contributed by atoms with Crippen LogP contribution < -0.4 is 9.80 Å². The van der Waals surface area contributed by atoms with Gasteiger partial charge in [0, 0.05) is 45.5 Å². The Morgan fingerprint density at radius 3 is 1.64 bits per heavy atom. The number of hydrogen-bond donors (Lipinski definition) is 0. The third kappa shape index (κ3) is 5.72. The summed E-state index contributed by atoms with van der Waals surface area (Å²) < 4.78 is 0. The van der Waals surface area contributed by atoms with Crippen molar-refractivity contribution in [2.45, 2.75) is 32.1 Å². The molecule has 150 valence electrons. The Bertz CT molecular complexity index is 694. The summed E-state index contributed by atoms with van der Waals surface area (Å²) in [7, 11) is 8.24. The van der Waals surface area contributed by atoms with E-state index in [1.165, 1.54) is 22.5 Å². The number of nitrogens with zero attached hydrogens (tertiary/aromatic N) is 2. The number of benzene rings is 2. The van der Waals surface area contributed by atoms with Crippen molar-refractivity contribution in [2.24, 2.45) is 5.92 Å². The number of unbranched alkanes of at least 4 members (excludes halogenated alkanes) is 1. The Balaban J connectivity index is 2.48. The van der Waals surface area contributed by atoms with Crippen molar-refractivity contribution < 1.29 is 4.79 Å². The van der Waals surface area contributed by atoms with E-state index in [-0.39, 0.29) is 5.92 Å². The molecule has 0 aliphatic carbocycles. The minimum Gasteiger partial charge on any atom is -0.378 e. The van der Waals surface area contributed by atoms with E-state index in [9.17, 15) is 4.79 Å². The fourth-order valence-corrected chi connectivity index (χ4v) is 3.65. The lowest BCUT2D eigenvalue weighted by Gasteiger charge is -2.27. The number of aldehydes is 1. The summed E-state index contributed by atoms with van der Waals surface area (Å²) in [4.78, 5) is 15.3. The summed E-state index contributed by atoms with van der Waals surface area (Å²) in [5, 5.41) is 0. The summed E-state index contributed by atoms with van der Waals surface area (Å²) in [6, 6.07) is 17.6. The highest BCUT2D eigenvalue weighted by molar-refractivity contribution is 5.64. The second-order valence-corrected chi connectivity index (χ2v) is 7.78. The predicted octanol–water partition coefficient (Wildman–Crippen LogP) is 5.51. The van der Waals surface area contributed by atoms with Gasteiger partial charge >= 0.3 is 0 Å². The van der Waals surface area contributed by atoms with Gasteiger partial charge in [0.1, 0.15) is 6.29 Å². The van der Waals surface area contributed by atoms with Gasteiger partial charge in [-0.1, -0.05) is 50.1 Å². The van der Waals surface area contributed by atoms with Crippen molar-refractivity contribution in [1.82, 2.24) is 0 Å². The molecule has 0 N–H and O–H groups in total. The Morgan fingerprint density at radius 1 is 0.821 bits per heavy atom. The predicted molar refractivity (Wildman–Crippen MR) is 122 cm³/mol. The first-order chi connectivity index (χ1) is 13.5. The van der Waals surface area contributed by atoms with E-state index in [1.807, 2.05) is 0 Å². The van der Waals surface area contributed by atoms with Gasteiger partial charge in [0.15, 0.2) is 0 Å². The highest BCUT2D eigenvalue weighted by Gasteiger charge is 2.23. The molecule has 0 unspecified atom stereocenters. The first-order valence-corrected chi connectivity index (χ1v) is 10.1. The molecule has 0 aromatic heterocycles. The molecular weight excluding hydrogens is 344 g/mol. The maximum absolute atomic E-state index is 11.0.